The van der Waals surface area contributed by atoms with E-state index in [0.29, 0.717) is 38.1 Å². The molecule has 2 aliphatic heterocycles. The lowest BCUT2D eigenvalue weighted by Gasteiger charge is -2.36. The van der Waals surface area contributed by atoms with Gasteiger partial charge in [-0.25, -0.2) is 4.79 Å². The predicted molar refractivity (Wildman–Crippen MR) is 99.7 cm³/mol. The maximum Gasteiger partial charge on any atom is 0.325 e. The fraction of sp³-hybridized carbons (Fsp3) is 0.526. The van der Waals surface area contributed by atoms with E-state index >= 15 is 0 Å². The van der Waals surface area contributed by atoms with Crippen molar-refractivity contribution >= 4 is 12.0 Å². The van der Waals surface area contributed by atoms with Gasteiger partial charge in [0.1, 0.15) is 6.54 Å². The van der Waals surface area contributed by atoms with E-state index in [1.54, 1.807) is 17.3 Å². The van der Waals surface area contributed by atoms with Crippen molar-refractivity contribution in [2.24, 2.45) is 5.41 Å². The van der Waals surface area contributed by atoms with Gasteiger partial charge in [0.15, 0.2) is 0 Å². The number of carbonyl (C=O) groups excluding carboxylic acids is 2. The second-order valence-corrected chi connectivity index (χ2v) is 7.32. The van der Waals surface area contributed by atoms with Gasteiger partial charge in [0.05, 0.1) is 13.0 Å². The highest BCUT2D eigenvalue weighted by Crippen LogP contribution is 2.49. The summed E-state index contributed by atoms with van der Waals surface area (Å²) in [5.74, 6) is 0.354. The molecule has 1 N–H and O–H groups in total. The summed E-state index contributed by atoms with van der Waals surface area (Å²) >= 11 is 0. The van der Waals surface area contributed by atoms with Gasteiger partial charge >= 0.3 is 12.0 Å². The van der Waals surface area contributed by atoms with Gasteiger partial charge in [-0.1, -0.05) is 0 Å². The monoisotopic (exact) mass is 401 g/mol. The van der Waals surface area contributed by atoms with Crippen LogP contribution in [0.1, 0.15) is 24.7 Å². The van der Waals surface area contributed by atoms with Crippen LogP contribution in [0, 0.1) is 5.41 Å². The zero-order valence-electron chi connectivity index (χ0n) is 16.2. The van der Waals surface area contributed by atoms with Crippen molar-refractivity contribution in [1.82, 2.24) is 25.4 Å². The van der Waals surface area contributed by atoms with Crippen LogP contribution < -0.4 is 5.32 Å². The Bertz CT molecular complexity index is 865. The fourth-order valence-corrected chi connectivity index (χ4v) is 4.07. The maximum absolute atomic E-state index is 12.6. The number of rotatable bonds is 4. The van der Waals surface area contributed by atoms with E-state index in [9.17, 15) is 9.59 Å². The van der Waals surface area contributed by atoms with E-state index in [2.05, 4.69) is 25.2 Å². The topological polar surface area (TPSA) is 120 Å². The van der Waals surface area contributed by atoms with Crippen molar-refractivity contribution in [3.63, 3.8) is 0 Å². The molecule has 4 rings (SSSR count). The van der Waals surface area contributed by atoms with Crippen LogP contribution in [0.3, 0.4) is 0 Å². The first kappa shape index (κ1) is 19.3. The summed E-state index contributed by atoms with van der Waals surface area (Å²) in [5, 5.41) is 11.1. The highest BCUT2D eigenvalue weighted by Gasteiger charge is 2.51. The van der Waals surface area contributed by atoms with Gasteiger partial charge in [0, 0.05) is 49.7 Å². The number of amides is 2. The molecule has 154 valence electrons. The molecule has 2 amide bonds. The lowest BCUT2D eigenvalue weighted by Crippen LogP contribution is -2.42. The van der Waals surface area contributed by atoms with E-state index in [-0.39, 0.29) is 23.9 Å². The zero-order chi connectivity index (χ0) is 20.3. The second kappa shape index (κ2) is 8.16. The molecule has 1 unspecified atom stereocenters. The molecule has 2 aliphatic rings. The standard InChI is InChI=1S/C19H23N5O5/c1-27-15(25)10-21-18(26)24-11-14(19(12-24)4-8-28-9-5-19)17-23-22-16(29-17)13-2-6-20-7-3-13/h2-3,6-7,14H,4-5,8-12H2,1H3,(H,21,26). The number of nitrogens with zero attached hydrogens (tertiary/aromatic N) is 4. The molecule has 10 heteroatoms. The number of hydrogen-bond donors (Lipinski definition) is 1. The molecule has 2 aromatic rings. The van der Waals surface area contributed by atoms with Crippen molar-refractivity contribution in [3.05, 3.63) is 30.4 Å². The van der Waals surface area contributed by atoms with Gasteiger partial charge in [-0.2, -0.15) is 0 Å². The fourth-order valence-electron chi connectivity index (χ4n) is 4.07. The molecule has 1 spiro atoms. The number of ether oxygens (including phenoxy) is 2. The SMILES string of the molecule is COC(=O)CNC(=O)N1CC(c2nnc(-c3ccncc3)o2)C2(CCOCC2)C1. The second-order valence-electron chi connectivity index (χ2n) is 7.32. The lowest BCUT2D eigenvalue weighted by molar-refractivity contribution is -0.139. The summed E-state index contributed by atoms with van der Waals surface area (Å²) in [6.45, 7) is 2.06. The van der Waals surface area contributed by atoms with Crippen LogP contribution in [0.15, 0.2) is 28.9 Å². The summed E-state index contributed by atoms with van der Waals surface area (Å²) < 4.78 is 16.1. The van der Waals surface area contributed by atoms with E-state index in [1.165, 1.54) is 7.11 Å². The smallest absolute Gasteiger partial charge is 0.325 e. The number of methoxy groups -OCH3 is 1. The minimum absolute atomic E-state index is 0.0987. The summed E-state index contributed by atoms with van der Waals surface area (Å²) in [5.41, 5.74) is 0.605. The summed E-state index contributed by atoms with van der Waals surface area (Å²) in [4.78, 5) is 29.6. The number of nitrogens with one attached hydrogen (secondary N) is 1. The van der Waals surface area contributed by atoms with Crippen molar-refractivity contribution in [3.8, 4) is 11.5 Å². The normalized spacial score (nSPS) is 20.6. The lowest BCUT2D eigenvalue weighted by atomic mass is 9.72. The Balaban J connectivity index is 1.55. The summed E-state index contributed by atoms with van der Waals surface area (Å²) in [7, 11) is 1.29. The molecule has 1 atom stereocenters. The number of pyridine rings is 1. The summed E-state index contributed by atoms with van der Waals surface area (Å²) in [6, 6.07) is 3.31. The van der Waals surface area contributed by atoms with Gasteiger partial charge in [-0.15, -0.1) is 10.2 Å². The first-order chi connectivity index (χ1) is 14.1. The molecule has 0 bridgehead atoms. The molecule has 0 radical (unpaired) electrons. The number of esters is 1. The average Bonchev–Trinajstić information content (AvgIpc) is 3.38. The third-order valence-corrected chi connectivity index (χ3v) is 5.70. The Morgan fingerprint density at radius 1 is 1.28 bits per heavy atom. The summed E-state index contributed by atoms with van der Waals surface area (Å²) in [6.07, 6.45) is 4.93. The predicted octanol–water partition coefficient (Wildman–Crippen LogP) is 1.21. The van der Waals surface area contributed by atoms with Crippen molar-refractivity contribution in [2.75, 3.05) is 40.0 Å². The van der Waals surface area contributed by atoms with Crippen LogP contribution in [0.2, 0.25) is 0 Å². The van der Waals surface area contributed by atoms with Gasteiger partial charge < -0.3 is 24.1 Å². The Morgan fingerprint density at radius 3 is 2.76 bits per heavy atom. The minimum Gasteiger partial charge on any atom is -0.468 e. The molecule has 2 aromatic heterocycles. The van der Waals surface area contributed by atoms with Gasteiger partial charge in [0.2, 0.25) is 11.8 Å². The van der Waals surface area contributed by atoms with Crippen LogP contribution in [0.5, 0.6) is 0 Å². The van der Waals surface area contributed by atoms with E-state index in [1.807, 2.05) is 12.1 Å². The maximum atomic E-state index is 12.6. The number of urea groups is 1. The molecule has 2 fully saturated rings. The van der Waals surface area contributed by atoms with Crippen LogP contribution in [0.4, 0.5) is 4.79 Å². The largest absolute Gasteiger partial charge is 0.468 e. The van der Waals surface area contributed by atoms with E-state index in [0.717, 1.165) is 18.4 Å². The minimum atomic E-state index is -0.492. The number of likely N-dealkylation sites (tertiary alicyclic amines) is 1. The highest BCUT2D eigenvalue weighted by atomic mass is 16.5. The first-order valence-corrected chi connectivity index (χ1v) is 9.52. The molecule has 2 saturated heterocycles. The van der Waals surface area contributed by atoms with Crippen LogP contribution >= 0.6 is 0 Å². The van der Waals surface area contributed by atoms with Gasteiger partial charge in [-0.3, -0.25) is 9.78 Å². The molecular weight excluding hydrogens is 378 g/mol. The van der Waals surface area contributed by atoms with Crippen LogP contribution in [-0.4, -0.2) is 72.0 Å². The molecule has 0 aliphatic carbocycles. The van der Waals surface area contributed by atoms with Crippen molar-refractivity contribution < 1.29 is 23.5 Å². The number of aromatic nitrogens is 3. The molecule has 29 heavy (non-hydrogen) atoms. The highest BCUT2D eigenvalue weighted by molar-refractivity contribution is 5.81. The Labute approximate surface area is 167 Å². The zero-order valence-corrected chi connectivity index (χ0v) is 16.2. The molecule has 4 heterocycles. The van der Waals surface area contributed by atoms with E-state index in [4.69, 9.17) is 9.15 Å². The Morgan fingerprint density at radius 2 is 2.03 bits per heavy atom. The van der Waals surface area contributed by atoms with Gasteiger partial charge in [0.25, 0.3) is 0 Å². The molecule has 0 aromatic carbocycles. The van der Waals surface area contributed by atoms with Crippen molar-refractivity contribution in [2.45, 2.75) is 18.8 Å². The third kappa shape index (κ3) is 3.93. The number of hydrogen-bond acceptors (Lipinski definition) is 8. The Kier molecular flexibility index (Phi) is 5.43. The molecule has 0 saturated carbocycles. The molecule has 10 nitrogen and oxygen atoms in total. The average molecular weight is 401 g/mol. The first-order valence-electron chi connectivity index (χ1n) is 9.52. The van der Waals surface area contributed by atoms with Gasteiger partial charge in [-0.05, 0) is 25.0 Å². The third-order valence-electron chi connectivity index (χ3n) is 5.70. The number of carbonyl (C=O) groups is 2. The van der Waals surface area contributed by atoms with E-state index < -0.39 is 5.97 Å². The van der Waals surface area contributed by atoms with Crippen molar-refractivity contribution in [1.29, 1.82) is 0 Å². The Hall–Kier alpha value is -3.01. The van der Waals surface area contributed by atoms with Crippen LogP contribution in [0.25, 0.3) is 11.5 Å². The quantitative estimate of drug-likeness (QED) is 0.759. The molecular formula is C19H23N5O5. The van der Waals surface area contributed by atoms with Crippen LogP contribution in [-0.2, 0) is 14.3 Å².